The van der Waals surface area contributed by atoms with Crippen LogP contribution in [-0.4, -0.2) is 23.2 Å². The van der Waals surface area contributed by atoms with E-state index >= 15 is 0 Å². The number of rotatable bonds is 1. The van der Waals surface area contributed by atoms with Gasteiger partial charge < -0.3 is 14.5 Å². The lowest BCUT2D eigenvalue weighted by Gasteiger charge is -2.22. The third-order valence-corrected chi connectivity index (χ3v) is 3.86. The molecule has 4 rings (SSSR count). The molecule has 2 heterocycles. The Balaban J connectivity index is 1.79. The van der Waals surface area contributed by atoms with Crippen molar-refractivity contribution in [2.75, 3.05) is 13.2 Å². The molecule has 1 aromatic heterocycles. The van der Waals surface area contributed by atoms with Crippen molar-refractivity contribution >= 4 is 11.0 Å². The first-order chi connectivity index (χ1) is 8.90. The maximum Gasteiger partial charge on any atom is 0.163 e. The highest BCUT2D eigenvalue weighted by molar-refractivity contribution is 5.80. The fraction of sp³-hybridized carbons (Fsp3) is 0.500. The van der Waals surface area contributed by atoms with Gasteiger partial charge in [0.1, 0.15) is 5.82 Å². The zero-order chi connectivity index (χ0) is 11.9. The first-order valence-corrected chi connectivity index (χ1v) is 6.69. The van der Waals surface area contributed by atoms with Gasteiger partial charge in [0.15, 0.2) is 11.5 Å². The standard InChI is InChI=1S/C14H16N2O2/c1-3-9(4-1)14-15-10-7-12-13(8-11(10)16-14)18-6-2-5-17-12/h7-9H,1-6H2,(H,15,16). The molecule has 1 aromatic carbocycles. The predicted octanol–water partition coefficient (Wildman–Crippen LogP) is 2.99. The summed E-state index contributed by atoms with van der Waals surface area (Å²) in [5.41, 5.74) is 2.04. The van der Waals surface area contributed by atoms with Crippen LogP contribution >= 0.6 is 0 Å². The van der Waals surface area contributed by atoms with Crippen LogP contribution in [0.25, 0.3) is 11.0 Å². The summed E-state index contributed by atoms with van der Waals surface area (Å²) in [4.78, 5) is 8.10. The molecule has 0 amide bonds. The molecule has 1 aliphatic carbocycles. The Labute approximate surface area is 105 Å². The lowest BCUT2D eigenvalue weighted by molar-refractivity contribution is 0.297. The smallest absolute Gasteiger partial charge is 0.163 e. The summed E-state index contributed by atoms with van der Waals surface area (Å²) in [7, 11) is 0. The largest absolute Gasteiger partial charge is 0.489 e. The quantitative estimate of drug-likeness (QED) is 0.838. The molecule has 0 unspecified atom stereocenters. The van der Waals surface area contributed by atoms with Crippen molar-refractivity contribution in [1.29, 1.82) is 0 Å². The number of imidazole rings is 1. The van der Waals surface area contributed by atoms with Crippen molar-refractivity contribution in [3.8, 4) is 11.5 Å². The van der Waals surface area contributed by atoms with E-state index in [1.54, 1.807) is 0 Å². The molecule has 0 saturated heterocycles. The van der Waals surface area contributed by atoms with Gasteiger partial charge in [0.2, 0.25) is 0 Å². The molecule has 0 atom stereocenters. The van der Waals surface area contributed by atoms with Crippen LogP contribution in [0.4, 0.5) is 0 Å². The summed E-state index contributed by atoms with van der Waals surface area (Å²) in [5.74, 6) is 3.41. The van der Waals surface area contributed by atoms with E-state index in [1.807, 2.05) is 12.1 Å². The Morgan fingerprint density at radius 2 is 1.83 bits per heavy atom. The van der Waals surface area contributed by atoms with E-state index in [9.17, 15) is 0 Å². The Hall–Kier alpha value is -1.71. The summed E-state index contributed by atoms with van der Waals surface area (Å²) >= 11 is 0. The van der Waals surface area contributed by atoms with Gasteiger partial charge in [-0.3, -0.25) is 0 Å². The Morgan fingerprint density at radius 3 is 2.56 bits per heavy atom. The fourth-order valence-electron chi connectivity index (χ4n) is 2.56. The number of aromatic amines is 1. The number of fused-ring (bicyclic) bond motifs is 2. The number of aromatic nitrogens is 2. The molecule has 1 aliphatic heterocycles. The molecule has 0 spiro atoms. The van der Waals surface area contributed by atoms with E-state index in [-0.39, 0.29) is 0 Å². The number of ether oxygens (including phenoxy) is 2. The van der Waals surface area contributed by atoms with E-state index in [1.165, 1.54) is 19.3 Å². The van der Waals surface area contributed by atoms with E-state index in [0.717, 1.165) is 48.0 Å². The minimum absolute atomic E-state index is 0.624. The minimum Gasteiger partial charge on any atom is -0.489 e. The molecule has 4 heteroatoms. The number of hydrogen-bond acceptors (Lipinski definition) is 3. The van der Waals surface area contributed by atoms with Crippen molar-refractivity contribution in [2.45, 2.75) is 31.6 Å². The van der Waals surface area contributed by atoms with Crippen molar-refractivity contribution in [3.05, 3.63) is 18.0 Å². The van der Waals surface area contributed by atoms with Crippen LogP contribution < -0.4 is 9.47 Å². The van der Waals surface area contributed by atoms with Crippen molar-refractivity contribution in [3.63, 3.8) is 0 Å². The van der Waals surface area contributed by atoms with Crippen LogP contribution in [0.15, 0.2) is 12.1 Å². The van der Waals surface area contributed by atoms with Gasteiger partial charge in [-0.15, -0.1) is 0 Å². The Kier molecular flexibility index (Phi) is 2.22. The van der Waals surface area contributed by atoms with E-state index in [2.05, 4.69) is 9.97 Å². The average Bonchev–Trinajstić information content (AvgIpc) is 2.53. The zero-order valence-electron chi connectivity index (χ0n) is 10.2. The third kappa shape index (κ3) is 1.55. The number of H-pyrrole nitrogens is 1. The maximum absolute atomic E-state index is 5.69. The molecule has 2 aromatic rings. The van der Waals surface area contributed by atoms with Crippen molar-refractivity contribution in [1.82, 2.24) is 9.97 Å². The fourth-order valence-corrected chi connectivity index (χ4v) is 2.56. The normalized spacial score (nSPS) is 19.6. The first-order valence-electron chi connectivity index (χ1n) is 6.69. The van der Waals surface area contributed by atoms with Crippen LogP contribution in [0.5, 0.6) is 11.5 Å². The molecule has 1 saturated carbocycles. The molecular weight excluding hydrogens is 228 g/mol. The van der Waals surface area contributed by atoms with Gasteiger partial charge in [-0.2, -0.15) is 0 Å². The predicted molar refractivity (Wildman–Crippen MR) is 68.3 cm³/mol. The maximum atomic E-state index is 5.69. The van der Waals surface area contributed by atoms with Crippen LogP contribution in [0, 0.1) is 0 Å². The Bertz CT molecular complexity index is 544. The van der Waals surface area contributed by atoms with Crippen molar-refractivity contribution in [2.24, 2.45) is 0 Å². The van der Waals surface area contributed by atoms with Gasteiger partial charge in [-0.05, 0) is 12.8 Å². The molecular formula is C14H16N2O2. The minimum atomic E-state index is 0.624. The Morgan fingerprint density at radius 1 is 1.06 bits per heavy atom. The second kappa shape index (κ2) is 3.90. The molecule has 2 aliphatic rings. The van der Waals surface area contributed by atoms with Crippen LogP contribution in [0.3, 0.4) is 0 Å². The first kappa shape index (κ1) is 10.2. The number of hydrogen-bond donors (Lipinski definition) is 1. The molecule has 1 fully saturated rings. The van der Waals surface area contributed by atoms with E-state index < -0.39 is 0 Å². The van der Waals surface area contributed by atoms with Gasteiger partial charge >= 0.3 is 0 Å². The second-order valence-electron chi connectivity index (χ2n) is 5.12. The number of nitrogens with one attached hydrogen (secondary N) is 1. The lowest BCUT2D eigenvalue weighted by Crippen LogP contribution is -2.10. The number of benzene rings is 1. The summed E-state index contributed by atoms with van der Waals surface area (Å²) in [6, 6.07) is 4.01. The van der Waals surface area contributed by atoms with Gasteiger partial charge in [-0.25, -0.2) is 4.98 Å². The van der Waals surface area contributed by atoms with Crippen LogP contribution in [-0.2, 0) is 0 Å². The van der Waals surface area contributed by atoms with Crippen molar-refractivity contribution < 1.29 is 9.47 Å². The van der Waals surface area contributed by atoms with Gasteiger partial charge in [0, 0.05) is 24.5 Å². The second-order valence-corrected chi connectivity index (χ2v) is 5.12. The van der Waals surface area contributed by atoms with E-state index in [0.29, 0.717) is 5.92 Å². The highest BCUT2D eigenvalue weighted by Crippen LogP contribution is 2.38. The summed E-state index contributed by atoms with van der Waals surface area (Å²) in [6.45, 7) is 1.44. The van der Waals surface area contributed by atoms with Crippen LogP contribution in [0.1, 0.15) is 37.4 Å². The van der Waals surface area contributed by atoms with Crippen LogP contribution in [0.2, 0.25) is 0 Å². The molecule has 1 N–H and O–H groups in total. The SMILES string of the molecule is c1c2c(cc3[nH]c(C4CCC4)nc13)OCCCO2. The van der Waals surface area contributed by atoms with E-state index in [4.69, 9.17) is 9.47 Å². The summed E-state index contributed by atoms with van der Waals surface area (Å²) in [6.07, 6.45) is 4.77. The average molecular weight is 244 g/mol. The lowest BCUT2D eigenvalue weighted by atomic mass is 9.85. The molecule has 4 nitrogen and oxygen atoms in total. The van der Waals surface area contributed by atoms with Gasteiger partial charge in [0.05, 0.1) is 24.2 Å². The van der Waals surface area contributed by atoms with Gasteiger partial charge in [0.25, 0.3) is 0 Å². The summed E-state index contributed by atoms with van der Waals surface area (Å²) in [5, 5.41) is 0. The topological polar surface area (TPSA) is 47.1 Å². The number of nitrogens with zero attached hydrogens (tertiary/aromatic N) is 1. The third-order valence-electron chi connectivity index (χ3n) is 3.86. The monoisotopic (exact) mass is 244 g/mol. The molecule has 94 valence electrons. The highest BCUT2D eigenvalue weighted by atomic mass is 16.5. The molecule has 18 heavy (non-hydrogen) atoms. The highest BCUT2D eigenvalue weighted by Gasteiger charge is 2.23. The van der Waals surface area contributed by atoms with Gasteiger partial charge in [-0.1, -0.05) is 6.42 Å². The summed E-state index contributed by atoms with van der Waals surface area (Å²) < 4.78 is 11.4. The molecule has 0 bridgehead atoms. The zero-order valence-corrected chi connectivity index (χ0v) is 10.2. The molecule has 0 radical (unpaired) electrons.